The molecule has 0 aliphatic rings. The van der Waals surface area contributed by atoms with Crippen LogP contribution in [0.15, 0.2) is 0 Å². The number of hydrogen-bond donors (Lipinski definition) is 2. The summed E-state index contributed by atoms with van der Waals surface area (Å²) in [6.45, 7) is 6.70. The molecule has 0 aromatic rings. The molecule has 0 radical (unpaired) electrons. The van der Waals surface area contributed by atoms with Crippen LogP contribution in [0, 0.1) is 5.41 Å². The SMILES string of the molecule is CC(C)(C)CNC(=O)CCC(N)=O. The van der Waals surface area contributed by atoms with E-state index in [4.69, 9.17) is 5.73 Å². The summed E-state index contributed by atoms with van der Waals surface area (Å²) in [5.74, 6) is -0.556. The Labute approximate surface area is 78.9 Å². The fraction of sp³-hybridized carbons (Fsp3) is 0.778. The van der Waals surface area contributed by atoms with Crippen molar-refractivity contribution in [2.45, 2.75) is 33.6 Å². The Morgan fingerprint density at radius 3 is 2.15 bits per heavy atom. The highest BCUT2D eigenvalue weighted by Gasteiger charge is 2.11. The predicted molar refractivity (Wildman–Crippen MR) is 50.9 cm³/mol. The highest BCUT2D eigenvalue weighted by molar-refractivity contribution is 5.82. The first-order chi connectivity index (χ1) is 5.81. The van der Waals surface area contributed by atoms with Gasteiger partial charge in [0.15, 0.2) is 0 Å². The van der Waals surface area contributed by atoms with E-state index < -0.39 is 5.91 Å². The van der Waals surface area contributed by atoms with E-state index in [1.807, 2.05) is 20.8 Å². The van der Waals surface area contributed by atoms with Crippen LogP contribution in [0.2, 0.25) is 0 Å². The largest absolute Gasteiger partial charge is 0.370 e. The van der Waals surface area contributed by atoms with Crippen molar-refractivity contribution in [3.05, 3.63) is 0 Å². The number of rotatable bonds is 4. The maximum atomic E-state index is 11.1. The van der Waals surface area contributed by atoms with Gasteiger partial charge in [-0.15, -0.1) is 0 Å². The lowest BCUT2D eigenvalue weighted by Crippen LogP contribution is -2.32. The van der Waals surface area contributed by atoms with Crippen molar-refractivity contribution in [3.63, 3.8) is 0 Å². The van der Waals surface area contributed by atoms with Crippen LogP contribution >= 0.6 is 0 Å². The predicted octanol–water partition coefficient (Wildman–Crippen LogP) is 0.414. The molecule has 76 valence electrons. The Bertz CT molecular complexity index is 194. The smallest absolute Gasteiger partial charge is 0.220 e. The molecule has 0 heterocycles. The summed E-state index contributed by atoms with van der Waals surface area (Å²) in [7, 11) is 0. The maximum absolute atomic E-state index is 11.1. The summed E-state index contributed by atoms with van der Waals surface area (Å²) in [6.07, 6.45) is 0.307. The van der Waals surface area contributed by atoms with E-state index in [-0.39, 0.29) is 24.2 Å². The third-order valence-corrected chi connectivity index (χ3v) is 1.41. The first-order valence-corrected chi connectivity index (χ1v) is 4.36. The third-order valence-electron chi connectivity index (χ3n) is 1.41. The number of amides is 2. The second kappa shape index (κ2) is 4.84. The number of hydrogen-bond acceptors (Lipinski definition) is 2. The second-order valence-corrected chi connectivity index (χ2v) is 4.30. The van der Waals surface area contributed by atoms with Crippen molar-refractivity contribution in [3.8, 4) is 0 Å². The molecule has 0 saturated heterocycles. The van der Waals surface area contributed by atoms with Gasteiger partial charge in [-0.2, -0.15) is 0 Å². The van der Waals surface area contributed by atoms with E-state index in [9.17, 15) is 9.59 Å². The molecule has 13 heavy (non-hydrogen) atoms. The zero-order valence-corrected chi connectivity index (χ0v) is 8.52. The van der Waals surface area contributed by atoms with E-state index >= 15 is 0 Å². The van der Waals surface area contributed by atoms with Crippen molar-refractivity contribution < 1.29 is 9.59 Å². The summed E-state index contributed by atoms with van der Waals surface area (Å²) in [5, 5.41) is 2.73. The molecule has 0 saturated carbocycles. The van der Waals surface area contributed by atoms with Crippen LogP contribution in [0.4, 0.5) is 0 Å². The van der Waals surface area contributed by atoms with E-state index in [2.05, 4.69) is 5.32 Å². The zero-order chi connectivity index (χ0) is 10.5. The van der Waals surface area contributed by atoms with Gasteiger partial charge in [0.1, 0.15) is 0 Å². The van der Waals surface area contributed by atoms with Crippen LogP contribution in [-0.4, -0.2) is 18.4 Å². The maximum Gasteiger partial charge on any atom is 0.220 e. The van der Waals surface area contributed by atoms with Gasteiger partial charge >= 0.3 is 0 Å². The summed E-state index contributed by atoms with van der Waals surface area (Å²) in [6, 6.07) is 0. The molecule has 0 fully saturated rings. The highest BCUT2D eigenvalue weighted by Crippen LogP contribution is 2.10. The fourth-order valence-electron chi connectivity index (χ4n) is 0.689. The van der Waals surface area contributed by atoms with Crippen LogP contribution in [0.3, 0.4) is 0 Å². The molecule has 2 amide bonds. The molecule has 4 nitrogen and oxygen atoms in total. The normalized spacial score (nSPS) is 11.0. The summed E-state index contributed by atoms with van der Waals surface area (Å²) in [4.78, 5) is 21.4. The number of primary amides is 1. The standard InChI is InChI=1S/C9H18N2O2/c1-9(2,3)6-11-8(13)5-4-7(10)12/h4-6H2,1-3H3,(H2,10,12)(H,11,13). The van der Waals surface area contributed by atoms with E-state index in [1.165, 1.54) is 0 Å². The third kappa shape index (κ3) is 8.85. The number of nitrogens with one attached hydrogen (secondary N) is 1. The van der Waals surface area contributed by atoms with Gasteiger partial charge < -0.3 is 11.1 Å². The highest BCUT2D eigenvalue weighted by atomic mass is 16.2. The van der Waals surface area contributed by atoms with Gasteiger partial charge in [-0.1, -0.05) is 20.8 Å². The van der Waals surface area contributed by atoms with Crippen LogP contribution in [0.5, 0.6) is 0 Å². The molecular formula is C9H18N2O2. The van der Waals surface area contributed by atoms with Crippen molar-refractivity contribution in [1.29, 1.82) is 0 Å². The van der Waals surface area contributed by atoms with Gasteiger partial charge in [0, 0.05) is 19.4 Å². The molecule has 0 aliphatic carbocycles. The van der Waals surface area contributed by atoms with Gasteiger partial charge in [0.25, 0.3) is 0 Å². The first-order valence-electron chi connectivity index (χ1n) is 4.36. The van der Waals surface area contributed by atoms with Crippen LogP contribution in [0.25, 0.3) is 0 Å². The minimum atomic E-state index is -0.439. The molecule has 4 heteroatoms. The summed E-state index contributed by atoms with van der Waals surface area (Å²) >= 11 is 0. The Balaban J connectivity index is 3.58. The molecule has 0 bridgehead atoms. The lowest BCUT2D eigenvalue weighted by atomic mass is 9.97. The minimum Gasteiger partial charge on any atom is -0.370 e. The topological polar surface area (TPSA) is 72.2 Å². The Morgan fingerprint density at radius 1 is 1.23 bits per heavy atom. The fourth-order valence-corrected chi connectivity index (χ4v) is 0.689. The molecule has 0 aliphatic heterocycles. The van der Waals surface area contributed by atoms with Crippen LogP contribution in [0.1, 0.15) is 33.6 Å². The Morgan fingerprint density at radius 2 is 1.77 bits per heavy atom. The molecule has 3 N–H and O–H groups in total. The van der Waals surface area contributed by atoms with E-state index in [1.54, 1.807) is 0 Å². The Kier molecular flexibility index (Phi) is 4.45. The minimum absolute atomic E-state index is 0.0718. The molecule has 0 unspecified atom stereocenters. The van der Waals surface area contributed by atoms with Gasteiger partial charge in [0.05, 0.1) is 0 Å². The lowest BCUT2D eigenvalue weighted by Gasteiger charge is -2.18. The quantitative estimate of drug-likeness (QED) is 0.667. The first kappa shape index (κ1) is 11.9. The molecule has 0 aromatic heterocycles. The number of carbonyl (C=O) groups is 2. The average Bonchev–Trinajstić information content (AvgIpc) is 1.95. The van der Waals surface area contributed by atoms with Crippen molar-refractivity contribution in [2.75, 3.05) is 6.54 Å². The van der Waals surface area contributed by atoms with Gasteiger partial charge in [0.2, 0.25) is 11.8 Å². The summed E-state index contributed by atoms with van der Waals surface area (Å²) < 4.78 is 0. The molecule has 0 rings (SSSR count). The molecule has 0 atom stereocenters. The van der Waals surface area contributed by atoms with E-state index in [0.29, 0.717) is 6.54 Å². The zero-order valence-electron chi connectivity index (χ0n) is 8.52. The van der Waals surface area contributed by atoms with Crippen LogP contribution < -0.4 is 11.1 Å². The molecule has 0 aromatic carbocycles. The number of carbonyl (C=O) groups excluding carboxylic acids is 2. The van der Waals surface area contributed by atoms with Gasteiger partial charge in [-0.25, -0.2) is 0 Å². The van der Waals surface area contributed by atoms with Gasteiger partial charge in [-0.05, 0) is 5.41 Å². The second-order valence-electron chi connectivity index (χ2n) is 4.30. The number of nitrogens with two attached hydrogens (primary N) is 1. The summed E-state index contributed by atoms with van der Waals surface area (Å²) in [5.41, 5.74) is 4.98. The monoisotopic (exact) mass is 186 g/mol. The Hall–Kier alpha value is -1.06. The van der Waals surface area contributed by atoms with E-state index in [0.717, 1.165) is 0 Å². The van der Waals surface area contributed by atoms with Gasteiger partial charge in [-0.3, -0.25) is 9.59 Å². The van der Waals surface area contributed by atoms with Crippen molar-refractivity contribution in [2.24, 2.45) is 11.1 Å². The molecular weight excluding hydrogens is 168 g/mol. The molecule has 0 spiro atoms. The average molecular weight is 186 g/mol. The van der Waals surface area contributed by atoms with Crippen LogP contribution in [-0.2, 0) is 9.59 Å². The lowest BCUT2D eigenvalue weighted by molar-refractivity contribution is -0.125. The van der Waals surface area contributed by atoms with Crippen molar-refractivity contribution >= 4 is 11.8 Å². The van der Waals surface area contributed by atoms with Crippen molar-refractivity contribution in [1.82, 2.24) is 5.32 Å².